The molecule has 0 aliphatic carbocycles. The van der Waals surface area contributed by atoms with Crippen LogP contribution in [0.3, 0.4) is 0 Å². The molecule has 1 heterocycles. The highest BCUT2D eigenvalue weighted by Gasteiger charge is 2.20. The highest BCUT2D eigenvalue weighted by atomic mass is 16.5. The number of fused-ring (bicyclic) bond motifs is 1. The number of carbonyl (C=O) groups excluding carboxylic acids is 2. The summed E-state index contributed by atoms with van der Waals surface area (Å²) in [4.78, 5) is 24.6. The Morgan fingerprint density at radius 3 is 2.58 bits per heavy atom. The first-order chi connectivity index (χ1) is 15.1. The fourth-order valence-electron chi connectivity index (χ4n) is 3.19. The number of amides is 1. The molecular formula is C25H21NO5. The minimum atomic E-state index is -0.516. The third-order valence-corrected chi connectivity index (χ3v) is 4.82. The van der Waals surface area contributed by atoms with Crippen LogP contribution in [-0.2, 0) is 16.1 Å². The summed E-state index contributed by atoms with van der Waals surface area (Å²) in [6.45, 7) is 0.574. The lowest BCUT2D eigenvalue weighted by Gasteiger charge is -2.19. The van der Waals surface area contributed by atoms with E-state index in [1.807, 2.05) is 48.5 Å². The molecule has 3 aromatic rings. The Balaban J connectivity index is 1.46. The van der Waals surface area contributed by atoms with Crippen molar-refractivity contribution in [2.24, 2.45) is 0 Å². The maximum Gasteiger partial charge on any atom is 0.339 e. The second-order valence-electron chi connectivity index (χ2n) is 6.92. The zero-order valence-electron chi connectivity index (χ0n) is 17.0. The van der Waals surface area contributed by atoms with E-state index in [9.17, 15) is 9.59 Å². The molecule has 4 rings (SSSR count). The molecular weight excluding hydrogens is 394 g/mol. The predicted octanol–water partition coefficient (Wildman–Crippen LogP) is 4.47. The Morgan fingerprint density at radius 2 is 1.77 bits per heavy atom. The molecule has 31 heavy (non-hydrogen) atoms. The fourth-order valence-corrected chi connectivity index (χ4v) is 3.19. The van der Waals surface area contributed by atoms with Crippen LogP contribution in [0, 0.1) is 0 Å². The lowest BCUT2D eigenvalue weighted by molar-refractivity contribution is -0.113. The van der Waals surface area contributed by atoms with Crippen LogP contribution in [0.5, 0.6) is 11.5 Å². The summed E-state index contributed by atoms with van der Waals surface area (Å²) in [5.41, 5.74) is 2.98. The molecule has 3 aromatic carbocycles. The van der Waals surface area contributed by atoms with Gasteiger partial charge in [-0.25, -0.2) is 4.79 Å². The van der Waals surface area contributed by atoms with Gasteiger partial charge in [-0.15, -0.1) is 0 Å². The van der Waals surface area contributed by atoms with E-state index < -0.39 is 5.97 Å². The molecule has 0 saturated heterocycles. The average molecular weight is 415 g/mol. The Kier molecular flexibility index (Phi) is 5.98. The van der Waals surface area contributed by atoms with Crippen molar-refractivity contribution in [2.45, 2.75) is 6.61 Å². The highest BCUT2D eigenvalue weighted by molar-refractivity contribution is 6.10. The molecule has 6 heteroatoms. The predicted molar refractivity (Wildman–Crippen MR) is 117 cm³/mol. The second-order valence-corrected chi connectivity index (χ2v) is 6.92. The third kappa shape index (κ3) is 4.75. The summed E-state index contributed by atoms with van der Waals surface area (Å²) in [6.07, 6.45) is 1.77. The zero-order valence-corrected chi connectivity index (χ0v) is 17.0. The molecule has 6 nitrogen and oxygen atoms in total. The number of rotatable bonds is 6. The van der Waals surface area contributed by atoms with Crippen molar-refractivity contribution < 1.29 is 23.8 Å². The van der Waals surface area contributed by atoms with Gasteiger partial charge in [-0.05, 0) is 35.9 Å². The highest BCUT2D eigenvalue weighted by Crippen LogP contribution is 2.31. The number of anilines is 1. The molecule has 1 N–H and O–H groups in total. The number of ether oxygens (including phenoxy) is 3. The molecule has 0 aromatic heterocycles. The first kappa shape index (κ1) is 20.2. The number of benzene rings is 3. The summed E-state index contributed by atoms with van der Waals surface area (Å²) >= 11 is 0. The summed E-state index contributed by atoms with van der Waals surface area (Å²) in [5, 5.41) is 2.76. The van der Waals surface area contributed by atoms with Crippen LogP contribution >= 0.6 is 0 Å². The van der Waals surface area contributed by atoms with Crippen molar-refractivity contribution in [2.75, 3.05) is 19.0 Å². The third-order valence-electron chi connectivity index (χ3n) is 4.82. The van der Waals surface area contributed by atoms with Crippen LogP contribution in [-0.4, -0.2) is 25.6 Å². The van der Waals surface area contributed by atoms with Crippen LogP contribution in [0.25, 0.3) is 6.08 Å². The number of hydrogen-bond donors (Lipinski definition) is 1. The maximum absolute atomic E-state index is 12.7. The van der Waals surface area contributed by atoms with Gasteiger partial charge >= 0.3 is 5.97 Å². The van der Waals surface area contributed by atoms with Gasteiger partial charge < -0.3 is 19.5 Å². The van der Waals surface area contributed by atoms with E-state index in [0.29, 0.717) is 29.4 Å². The van der Waals surface area contributed by atoms with E-state index >= 15 is 0 Å². The van der Waals surface area contributed by atoms with E-state index in [4.69, 9.17) is 14.2 Å². The second kappa shape index (κ2) is 9.17. The summed E-state index contributed by atoms with van der Waals surface area (Å²) < 4.78 is 16.4. The van der Waals surface area contributed by atoms with E-state index in [2.05, 4.69) is 5.32 Å². The van der Waals surface area contributed by atoms with E-state index in [1.54, 1.807) is 30.3 Å². The van der Waals surface area contributed by atoms with Crippen molar-refractivity contribution in [3.05, 3.63) is 95.1 Å². The fraction of sp³-hybridized carbons (Fsp3) is 0.120. The summed E-state index contributed by atoms with van der Waals surface area (Å²) in [5.74, 6) is 0.484. The van der Waals surface area contributed by atoms with Crippen LogP contribution in [0.4, 0.5) is 5.69 Å². The molecule has 0 atom stereocenters. The quantitative estimate of drug-likeness (QED) is 0.602. The Bertz CT molecular complexity index is 1140. The molecule has 1 amide bonds. The first-order valence-corrected chi connectivity index (χ1v) is 9.77. The largest absolute Gasteiger partial charge is 0.489 e. The van der Waals surface area contributed by atoms with Gasteiger partial charge in [-0.2, -0.15) is 0 Å². The van der Waals surface area contributed by atoms with Crippen LogP contribution in [0.2, 0.25) is 0 Å². The normalized spacial score (nSPS) is 12.1. The Labute approximate surface area is 180 Å². The van der Waals surface area contributed by atoms with Gasteiger partial charge in [0.1, 0.15) is 24.7 Å². The maximum atomic E-state index is 12.7. The van der Waals surface area contributed by atoms with E-state index in [0.717, 1.165) is 11.1 Å². The van der Waals surface area contributed by atoms with Gasteiger partial charge in [0.25, 0.3) is 5.91 Å². The standard InChI is InChI=1S/C25H21NO5/c1-29-25(28)21-9-5-6-10-22(21)26-24(27)19-13-18-11-12-20(14-23(18)31-16-19)30-15-17-7-3-2-4-8-17/h2-14H,15-16H2,1H3,(H,26,27). The molecule has 0 radical (unpaired) electrons. The van der Waals surface area contributed by atoms with Crippen molar-refractivity contribution >= 4 is 23.6 Å². The average Bonchev–Trinajstić information content (AvgIpc) is 2.82. The number of carbonyl (C=O) groups is 2. The molecule has 156 valence electrons. The van der Waals surface area contributed by atoms with Gasteiger partial charge in [0.15, 0.2) is 0 Å². The number of para-hydroxylation sites is 1. The van der Waals surface area contributed by atoms with Crippen LogP contribution < -0.4 is 14.8 Å². The molecule has 1 aliphatic heterocycles. The minimum Gasteiger partial charge on any atom is -0.489 e. The molecule has 1 aliphatic rings. The number of methoxy groups -OCH3 is 1. The van der Waals surface area contributed by atoms with E-state index in [-0.39, 0.29) is 18.1 Å². The van der Waals surface area contributed by atoms with Crippen molar-refractivity contribution in [3.8, 4) is 11.5 Å². The number of nitrogens with one attached hydrogen (secondary N) is 1. The van der Waals surface area contributed by atoms with Gasteiger partial charge in [-0.3, -0.25) is 4.79 Å². The van der Waals surface area contributed by atoms with Gasteiger partial charge in [0.05, 0.1) is 23.9 Å². The monoisotopic (exact) mass is 415 g/mol. The van der Waals surface area contributed by atoms with Crippen LogP contribution in [0.15, 0.2) is 78.4 Å². The summed E-state index contributed by atoms with van der Waals surface area (Å²) in [6, 6.07) is 22.1. The van der Waals surface area contributed by atoms with Crippen LogP contribution in [0.1, 0.15) is 21.5 Å². The van der Waals surface area contributed by atoms with Crippen molar-refractivity contribution in [3.63, 3.8) is 0 Å². The van der Waals surface area contributed by atoms with Gasteiger partial charge in [0.2, 0.25) is 0 Å². The SMILES string of the molecule is COC(=O)c1ccccc1NC(=O)C1=Cc2ccc(OCc3ccccc3)cc2OC1. The lowest BCUT2D eigenvalue weighted by atomic mass is 10.1. The first-order valence-electron chi connectivity index (χ1n) is 9.77. The Morgan fingerprint density at radius 1 is 1.00 bits per heavy atom. The molecule has 0 fully saturated rings. The van der Waals surface area contributed by atoms with Crippen molar-refractivity contribution in [1.29, 1.82) is 0 Å². The molecule has 0 bridgehead atoms. The lowest BCUT2D eigenvalue weighted by Crippen LogP contribution is -2.22. The van der Waals surface area contributed by atoms with Crippen molar-refractivity contribution in [1.82, 2.24) is 0 Å². The molecule has 0 saturated carbocycles. The topological polar surface area (TPSA) is 73.9 Å². The number of esters is 1. The zero-order chi connectivity index (χ0) is 21.6. The van der Waals surface area contributed by atoms with Gasteiger partial charge in [0, 0.05) is 11.6 Å². The smallest absolute Gasteiger partial charge is 0.339 e. The van der Waals surface area contributed by atoms with Gasteiger partial charge in [-0.1, -0.05) is 42.5 Å². The molecule has 0 spiro atoms. The number of hydrogen-bond acceptors (Lipinski definition) is 5. The summed E-state index contributed by atoms with van der Waals surface area (Å²) in [7, 11) is 1.30. The molecule has 0 unspecified atom stereocenters. The van der Waals surface area contributed by atoms with E-state index in [1.165, 1.54) is 7.11 Å². The minimum absolute atomic E-state index is 0.112. The Hall–Kier alpha value is -4.06.